The molecule has 0 aromatic heterocycles. The Morgan fingerprint density at radius 1 is 1.06 bits per heavy atom. The molecule has 0 aliphatic heterocycles. The molecular formula is C15H26N2O. The molecule has 1 aromatic rings. The van der Waals surface area contributed by atoms with Crippen LogP contribution in [0.1, 0.15) is 39.0 Å². The van der Waals surface area contributed by atoms with E-state index in [4.69, 9.17) is 10.5 Å². The van der Waals surface area contributed by atoms with Crippen LogP contribution in [-0.4, -0.2) is 19.7 Å². The van der Waals surface area contributed by atoms with Gasteiger partial charge in [0.15, 0.2) is 0 Å². The van der Waals surface area contributed by atoms with Crippen molar-refractivity contribution in [1.82, 2.24) is 0 Å². The summed E-state index contributed by atoms with van der Waals surface area (Å²) in [7, 11) is 0. The maximum absolute atomic E-state index is 5.54. The van der Waals surface area contributed by atoms with E-state index in [1.807, 2.05) is 12.1 Å². The number of benzene rings is 1. The first-order valence-corrected chi connectivity index (χ1v) is 7.03. The van der Waals surface area contributed by atoms with Gasteiger partial charge < -0.3 is 15.8 Å². The Bertz CT molecular complexity index is 298. The Kier molecular flexibility index (Phi) is 8.06. The summed E-state index contributed by atoms with van der Waals surface area (Å²) in [6.07, 6.45) is 5.88. The van der Waals surface area contributed by atoms with E-state index in [0.29, 0.717) is 0 Å². The molecule has 0 heterocycles. The van der Waals surface area contributed by atoms with Crippen LogP contribution in [0.25, 0.3) is 0 Å². The van der Waals surface area contributed by atoms with Gasteiger partial charge in [0.25, 0.3) is 0 Å². The molecular weight excluding hydrogens is 224 g/mol. The lowest BCUT2D eigenvalue weighted by Crippen LogP contribution is -2.02. The lowest BCUT2D eigenvalue weighted by molar-refractivity contribution is 0.317. The van der Waals surface area contributed by atoms with Gasteiger partial charge >= 0.3 is 0 Å². The average molecular weight is 250 g/mol. The Balaban J connectivity index is 2.14. The molecule has 3 N–H and O–H groups in total. The second-order valence-electron chi connectivity index (χ2n) is 4.50. The highest BCUT2D eigenvalue weighted by molar-refractivity contribution is 5.46. The van der Waals surface area contributed by atoms with Crippen LogP contribution in [0.15, 0.2) is 24.3 Å². The molecule has 0 bridgehead atoms. The molecule has 0 amide bonds. The van der Waals surface area contributed by atoms with Gasteiger partial charge in [-0.05, 0) is 50.1 Å². The van der Waals surface area contributed by atoms with E-state index in [1.165, 1.54) is 19.3 Å². The smallest absolute Gasteiger partial charge is 0.119 e. The summed E-state index contributed by atoms with van der Waals surface area (Å²) in [4.78, 5) is 0. The van der Waals surface area contributed by atoms with Crippen molar-refractivity contribution in [3.63, 3.8) is 0 Å². The van der Waals surface area contributed by atoms with Gasteiger partial charge in [0, 0.05) is 12.2 Å². The van der Waals surface area contributed by atoms with Gasteiger partial charge in [-0.2, -0.15) is 0 Å². The quantitative estimate of drug-likeness (QED) is 0.626. The first kappa shape index (κ1) is 14.8. The molecule has 0 saturated carbocycles. The molecule has 0 atom stereocenters. The summed E-state index contributed by atoms with van der Waals surface area (Å²) in [5, 5.41) is 3.42. The number of nitrogens with one attached hydrogen (secondary N) is 1. The lowest BCUT2D eigenvalue weighted by Gasteiger charge is -2.08. The van der Waals surface area contributed by atoms with E-state index in [9.17, 15) is 0 Å². The molecule has 0 radical (unpaired) electrons. The minimum Gasteiger partial charge on any atom is -0.494 e. The van der Waals surface area contributed by atoms with Crippen LogP contribution in [0.5, 0.6) is 5.75 Å². The van der Waals surface area contributed by atoms with Gasteiger partial charge in [0.1, 0.15) is 5.75 Å². The fourth-order valence-corrected chi connectivity index (χ4v) is 1.74. The van der Waals surface area contributed by atoms with Crippen molar-refractivity contribution in [3.05, 3.63) is 24.3 Å². The van der Waals surface area contributed by atoms with Gasteiger partial charge in [-0.1, -0.05) is 19.8 Å². The van der Waals surface area contributed by atoms with Crippen LogP contribution in [0.2, 0.25) is 0 Å². The summed E-state index contributed by atoms with van der Waals surface area (Å²) in [5.41, 5.74) is 6.62. The van der Waals surface area contributed by atoms with Crippen molar-refractivity contribution in [1.29, 1.82) is 0 Å². The Hall–Kier alpha value is -1.22. The van der Waals surface area contributed by atoms with Crippen molar-refractivity contribution in [2.75, 3.05) is 25.0 Å². The summed E-state index contributed by atoms with van der Waals surface area (Å²) in [6.45, 7) is 4.74. The van der Waals surface area contributed by atoms with Crippen LogP contribution >= 0.6 is 0 Å². The average Bonchev–Trinajstić information content (AvgIpc) is 2.42. The maximum Gasteiger partial charge on any atom is 0.119 e. The zero-order valence-corrected chi connectivity index (χ0v) is 11.5. The first-order chi connectivity index (χ1) is 8.86. The summed E-state index contributed by atoms with van der Waals surface area (Å²) < 4.78 is 5.54. The summed E-state index contributed by atoms with van der Waals surface area (Å²) >= 11 is 0. The highest BCUT2D eigenvalue weighted by Gasteiger charge is 1.95. The second kappa shape index (κ2) is 9.77. The zero-order chi connectivity index (χ0) is 13.1. The van der Waals surface area contributed by atoms with Gasteiger partial charge in [-0.3, -0.25) is 0 Å². The molecule has 102 valence electrons. The van der Waals surface area contributed by atoms with Crippen molar-refractivity contribution < 1.29 is 4.74 Å². The molecule has 18 heavy (non-hydrogen) atoms. The van der Waals surface area contributed by atoms with Crippen LogP contribution in [0, 0.1) is 0 Å². The molecule has 3 nitrogen and oxygen atoms in total. The lowest BCUT2D eigenvalue weighted by atomic mass is 10.2. The summed E-state index contributed by atoms with van der Waals surface area (Å²) in [5.74, 6) is 0.949. The molecule has 3 heteroatoms. The van der Waals surface area contributed by atoms with Gasteiger partial charge in [0.05, 0.1) is 6.61 Å². The van der Waals surface area contributed by atoms with E-state index in [0.717, 1.165) is 44.0 Å². The number of rotatable bonds is 10. The van der Waals surface area contributed by atoms with Gasteiger partial charge in [-0.25, -0.2) is 0 Å². The Morgan fingerprint density at radius 3 is 2.44 bits per heavy atom. The largest absolute Gasteiger partial charge is 0.494 e. The van der Waals surface area contributed by atoms with E-state index >= 15 is 0 Å². The highest BCUT2D eigenvalue weighted by atomic mass is 16.5. The van der Waals surface area contributed by atoms with Gasteiger partial charge in [0.2, 0.25) is 0 Å². The number of hydrogen-bond acceptors (Lipinski definition) is 3. The number of anilines is 1. The minimum atomic E-state index is 0.786. The third-order valence-electron chi connectivity index (χ3n) is 2.79. The Labute approximate surface area is 111 Å². The molecule has 0 spiro atoms. The van der Waals surface area contributed by atoms with Crippen molar-refractivity contribution in [2.45, 2.75) is 39.0 Å². The molecule has 0 saturated heterocycles. The molecule has 0 fully saturated rings. The van der Waals surface area contributed by atoms with Crippen LogP contribution in [0.3, 0.4) is 0 Å². The van der Waals surface area contributed by atoms with E-state index in [1.54, 1.807) is 0 Å². The van der Waals surface area contributed by atoms with Gasteiger partial charge in [-0.15, -0.1) is 0 Å². The molecule has 1 rings (SSSR count). The van der Waals surface area contributed by atoms with Crippen LogP contribution < -0.4 is 15.8 Å². The number of ether oxygens (including phenoxy) is 1. The van der Waals surface area contributed by atoms with Crippen molar-refractivity contribution in [2.24, 2.45) is 5.73 Å². The molecule has 0 aliphatic carbocycles. The third-order valence-corrected chi connectivity index (χ3v) is 2.79. The predicted octanol–water partition coefficient (Wildman–Crippen LogP) is 3.41. The normalized spacial score (nSPS) is 10.3. The molecule has 0 aliphatic rings. The number of nitrogens with two attached hydrogens (primary N) is 1. The SMILES string of the molecule is CCCOc1ccc(NCCCCCCN)cc1. The number of hydrogen-bond donors (Lipinski definition) is 2. The minimum absolute atomic E-state index is 0.786. The van der Waals surface area contributed by atoms with Crippen LogP contribution in [-0.2, 0) is 0 Å². The standard InChI is InChI=1S/C15H26N2O/c1-2-13-18-15-9-7-14(8-10-15)17-12-6-4-3-5-11-16/h7-10,17H,2-6,11-13,16H2,1H3. The topological polar surface area (TPSA) is 47.3 Å². The Morgan fingerprint density at radius 2 is 1.78 bits per heavy atom. The fraction of sp³-hybridized carbons (Fsp3) is 0.600. The summed E-state index contributed by atoms with van der Waals surface area (Å²) in [6, 6.07) is 8.19. The fourth-order valence-electron chi connectivity index (χ4n) is 1.74. The highest BCUT2D eigenvalue weighted by Crippen LogP contribution is 2.15. The van der Waals surface area contributed by atoms with E-state index in [2.05, 4.69) is 24.4 Å². The zero-order valence-electron chi connectivity index (χ0n) is 11.5. The monoisotopic (exact) mass is 250 g/mol. The van der Waals surface area contributed by atoms with Crippen molar-refractivity contribution in [3.8, 4) is 5.75 Å². The molecule has 0 unspecified atom stereocenters. The van der Waals surface area contributed by atoms with E-state index in [-0.39, 0.29) is 0 Å². The molecule has 1 aromatic carbocycles. The number of unbranched alkanes of at least 4 members (excludes halogenated alkanes) is 3. The second-order valence-corrected chi connectivity index (χ2v) is 4.50. The van der Waals surface area contributed by atoms with Crippen molar-refractivity contribution >= 4 is 5.69 Å². The first-order valence-electron chi connectivity index (χ1n) is 7.03. The predicted molar refractivity (Wildman–Crippen MR) is 78.2 cm³/mol. The maximum atomic E-state index is 5.54. The van der Waals surface area contributed by atoms with Crippen LogP contribution in [0.4, 0.5) is 5.69 Å². The third kappa shape index (κ3) is 6.50. The van der Waals surface area contributed by atoms with E-state index < -0.39 is 0 Å².